The monoisotopic (exact) mass is 980 g/mol. The van der Waals surface area contributed by atoms with Crippen LogP contribution in [0, 0.1) is 0 Å². The summed E-state index contributed by atoms with van der Waals surface area (Å²) in [5.41, 5.74) is 0. The lowest BCUT2D eigenvalue weighted by atomic mass is 10.0. The number of esters is 1. The molecule has 0 aliphatic rings. The number of carbonyl (C=O) groups excluding carboxylic acids is 2. The molecule has 6 nitrogen and oxygen atoms in total. The van der Waals surface area contributed by atoms with Crippen molar-refractivity contribution in [3.05, 3.63) is 60.8 Å². The zero-order chi connectivity index (χ0) is 50.7. The lowest BCUT2D eigenvalue weighted by Crippen LogP contribution is -2.45. The summed E-state index contributed by atoms with van der Waals surface area (Å²) >= 11 is 0. The normalized spacial score (nSPS) is 13.0. The van der Waals surface area contributed by atoms with Gasteiger partial charge in [0.1, 0.15) is 0 Å². The topological polar surface area (TPSA) is 95.9 Å². The van der Waals surface area contributed by atoms with Gasteiger partial charge in [-0.25, -0.2) is 0 Å². The Balaban J connectivity index is 3.56. The van der Waals surface area contributed by atoms with Crippen molar-refractivity contribution < 1.29 is 24.5 Å². The van der Waals surface area contributed by atoms with E-state index in [0.717, 1.165) is 89.9 Å². The van der Waals surface area contributed by atoms with Crippen molar-refractivity contribution in [1.82, 2.24) is 5.32 Å². The molecule has 3 N–H and O–H groups in total. The fourth-order valence-corrected chi connectivity index (χ4v) is 9.05. The molecule has 0 rings (SSSR count). The minimum absolute atomic E-state index is 0.0378. The molecule has 70 heavy (non-hydrogen) atoms. The number of carbonyl (C=O) groups is 2. The van der Waals surface area contributed by atoms with Crippen molar-refractivity contribution >= 4 is 11.9 Å². The molecule has 1 amide bonds. The third kappa shape index (κ3) is 54.9. The Morgan fingerprint density at radius 1 is 0.414 bits per heavy atom. The van der Waals surface area contributed by atoms with E-state index in [0.29, 0.717) is 19.4 Å². The van der Waals surface area contributed by atoms with Crippen LogP contribution in [0.25, 0.3) is 0 Å². The Bertz CT molecular complexity index is 1220. The van der Waals surface area contributed by atoms with Gasteiger partial charge in [-0.15, -0.1) is 0 Å². The van der Waals surface area contributed by atoms with Crippen molar-refractivity contribution in [2.75, 3.05) is 13.2 Å². The van der Waals surface area contributed by atoms with Gasteiger partial charge in [-0.3, -0.25) is 9.59 Å². The number of unbranched alkanes of at least 4 members (excludes halogenated alkanes) is 38. The summed E-state index contributed by atoms with van der Waals surface area (Å²) in [6.07, 6.45) is 76.8. The number of aliphatic hydroxyl groups excluding tert-OH is 2. The molecule has 6 heteroatoms. The summed E-state index contributed by atoms with van der Waals surface area (Å²) in [5.74, 6) is -0.127. The standard InChI is InChI=1S/C64H117NO5/c1-3-5-7-9-11-13-15-17-19-20-21-22-23-24-25-26-27-29-32-36-40-44-48-52-56-62(67)61(60-66)65-63(68)57-53-49-45-41-37-33-30-28-31-35-39-43-47-51-55-59-70-64(69)58-54-50-46-42-38-34-18-16-14-12-10-8-6-4-2/h10,12,16,18,28,31,35,39,52,56,61-62,66-67H,3-9,11,13-15,17,19-27,29-30,32-34,36-38,40-51,53-55,57-60H2,1-2H3,(H,65,68)/b12-10-,18-16-,31-28-,39-35-,56-52+. The molecule has 0 saturated carbocycles. The highest BCUT2D eigenvalue weighted by Gasteiger charge is 2.18. The van der Waals surface area contributed by atoms with Gasteiger partial charge in [-0.05, 0) is 89.9 Å². The highest BCUT2D eigenvalue weighted by Crippen LogP contribution is 2.17. The van der Waals surface area contributed by atoms with Crippen LogP contribution in [-0.2, 0) is 14.3 Å². The van der Waals surface area contributed by atoms with Crippen LogP contribution in [0.4, 0.5) is 0 Å². The number of hydrogen-bond acceptors (Lipinski definition) is 5. The van der Waals surface area contributed by atoms with Gasteiger partial charge in [0, 0.05) is 12.8 Å². The number of rotatable bonds is 56. The van der Waals surface area contributed by atoms with Crippen molar-refractivity contribution in [3.8, 4) is 0 Å². The molecule has 0 aromatic carbocycles. The number of amides is 1. The van der Waals surface area contributed by atoms with Gasteiger partial charge in [0.05, 0.1) is 25.4 Å². The molecule has 408 valence electrons. The van der Waals surface area contributed by atoms with Gasteiger partial charge in [-0.1, -0.05) is 267 Å². The number of allylic oxidation sites excluding steroid dienone is 9. The molecule has 0 bridgehead atoms. The fourth-order valence-electron chi connectivity index (χ4n) is 9.05. The van der Waals surface area contributed by atoms with E-state index in [-0.39, 0.29) is 18.5 Å². The average Bonchev–Trinajstić information content (AvgIpc) is 3.36. The van der Waals surface area contributed by atoms with Gasteiger partial charge < -0.3 is 20.3 Å². The summed E-state index contributed by atoms with van der Waals surface area (Å²) in [5, 5.41) is 23.2. The summed E-state index contributed by atoms with van der Waals surface area (Å²) in [6, 6.07) is -0.648. The predicted molar refractivity (Wildman–Crippen MR) is 305 cm³/mol. The number of nitrogens with one attached hydrogen (secondary N) is 1. The van der Waals surface area contributed by atoms with E-state index in [1.165, 1.54) is 193 Å². The fraction of sp³-hybridized carbons (Fsp3) is 0.812. The maximum Gasteiger partial charge on any atom is 0.305 e. The molecule has 0 saturated heterocycles. The molecule has 0 radical (unpaired) electrons. The van der Waals surface area contributed by atoms with Gasteiger partial charge in [0.25, 0.3) is 0 Å². The molecule has 0 fully saturated rings. The molecule has 0 aromatic rings. The van der Waals surface area contributed by atoms with E-state index in [1.807, 2.05) is 6.08 Å². The molecule has 0 spiro atoms. The van der Waals surface area contributed by atoms with Crippen LogP contribution in [0.2, 0.25) is 0 Å². The second-order valence-electron chi connectivity index (χ2n) is 20.7. The zero-order valence-electron chi connectivity index (χ0n) is 46.5. The zero-order valence-corrected chi connectivity index (χ0v) is 46.5. The first-order valence-electron chi connectivity index (χ1n) is 30.6. The smallest absolute Gasteiger partial charge is 0.305 e. The molecule has 0 aromatic heterocycles. The van der Waals surface area contributed by atoms with Crippen molar-refractivity contribution in [1.29, 1.82) is 0 Å². The Hall–Kier alpha value is -2.44. The second kappa shape index (κ2) is 59.1. The summed E-state index contributed by atoms with van der Waals surface area (Å²) in [6.45, 7) is 4.81. The number of aliphatic hydroxyl groups is 2. The van der Waals surface area contributed by atoms with Crippen LogP contribution in [0.1, 0.15) is 309 Å². The molecule has 0 heterocycles. The van der Waals surface area contributed by atoms with Crippen LogP contribution in [0.5, 0.6) is 0 Å². The third-order valence-corrected chi connectivity index (χ3v) is 13.8. The maximum absolute atomic E-state index is 12.5. The minimum atomic E-state index is -0.862. The van der Waals surface area contributed by atoms with Gasteiger partial charge in [-0.2, -0.15) is 0 Å². The maximum atomic E-state index is 12.5. The molecule has 2 atom stereocenters. The summed E-state index contributed by atoms with van der Waals surface area (Å²) < 4.78 is 5.44. The first kappa shape index (κ1) is 67.6. The SMILES string of the molecule is CCCC/C=C\C/C=C\CCCCCCCC(=O)OCCCCC/C=C\C=C/CCCCCCCCC(=O)NC(CO)C(O)/C=C/CCCCCCCCCCCCCCCCCCCCCCCC. The largest absolute Gasteiger partial charge is 0.466 e. The molecular formula is C64H117NO5. The van der Waals surface area contributed by atoms with E-state index < -0.39 is 12.1 Å². The summed E-state index contributed by atoms with van der Waals surface area (Å²) in [7, 11) is 0. The molecule has 0 aliphatic carbocycles. The van der Waals surface area contributed by atoms with Crippen LogP contribution in [-0.4, -0.2) is 47.4 Å². The van der Waals surface area contributed by atoms with E-state index in [4.69, 9.17) is 4.74 Å². The van der Waals surface area contributed by atoms with Crippen molar-refractivity contribution in [3.63, 3.8) is 0 Å². The van der Waals surface area contributed by atoms with E-state index in [1.54, 1.807) is 6.08 Å². The Kier molecular flexibility index (Phi) is 57.1. The van der Waals surface area contributed by atoms with E-state index in [2.05, 4.69) is 67.8 Å². The van der Waals surface area contributed by atoms with Gasteiger partial charge >= 0.3 is 5.97 Å². The highest BCUT2D eigenvalue weighted by atomic mass is 16.5. The number of hydrogen-bond donors (Lipinski definition) is 3. The van der Waals surface area contributed by atoms with Crippen LogP contribution in [0.15, 0.2) is 60.8 Å². The van der Waals surface area contributed by atoms with Crippen molar-refractivity contribution in [2.24, 2.45) is 0 Å². The predicted octanol–water partition coefficient (Wildman–Crippen LogP) is 19.1. The lowest BCUT2D eigenvalue weighted by molar-refractivity contribution is -0.143. The Labute approximate surface area is 435 Å². The first-order valence-corrected chi connectivity index (χ1v) is 30.6. The van der Waals surface area contributed by atoms with E-state index in [9.17, 15) is 19.8 Å². The quantitative estimate of drug-likeness (QED) is 0.0244. The Morgan fingerprint density at radius 2 is 0.771 bits per heavy atom. The van der Waals surface area contributed by atoms with E-state index >= 15 is 0 Å². The third-order valence-electron chi connectivity index (χ3n) is 13.8. The first-order chi connectivity index (χ1) is 34.5. The van der Waals surface area contributed by atoms with Crippen LogP contribution < -0.4 is 5.32 Å². The minimum Gasteiger partial charge on any atom is -0.466 e. The second-order valence-corrected chi connectivity index (χ2v) is 20.7. The number of ether oxygens (including phenoxy) is 1. The van der Waals surface area contributed by atoms with Crippen molar-refractivity contribution in [2.45, 2.75) is 321 Å². The lowest BCUT2D eigenvalue weighted by Gasteiger charge is -2.20. The highest BCUT2D eigenvalue weighted by molar-refractivity contribution is 5.76. The summed E-state index contributed by atoms with van der Waals surface area (Å²) in [4.78, 5) is 24.5. The molecule has 2 unspecified atom stereocenters. The Morgan fingerprint density at radius 3 is 1.21 bits per heavy atom. The molecular weight excluding hydrogens is 863 g/mol. The molecule has 0 aliphatic heterocycles. The van der Waals surface area contributed by atoms with Crippen LogP contribution >= 0.6 is 0 Å². The average molecular weight is 981 g/mol. The van der Waals surface area contributed by atoms with Gasteiger partial charge in [0.15, 0.2) is 0 Å². The van der Waals surface area contributed by atoms with Gasteiger partial charge in [0.2, 0.25) is 5.91 Å². The van der Waals surface area contributed by atoms with Crippen LogP contribution in [0.3, 0.4) is 0 Å².